The first-order valence-corrected chi connectivity index (χ1v) is 8.22. The molecule has 8 heteroatoms. The van der Waals surface area contributed by atoms with Crippen LogP contribution in [0.1, 0.15) is 4.88 Å². The summed E-state index contributed by atoms with van der Waals surface area (Å²) in [4.78, 5) is 12.9. The second kappa shape index (κ2) is 6.32. The highest BCUT2D eigenvalue weighted by atomic mass is 32.1. The van der Waals surface area contributed by atoms with Gasteiger partial charge in [0.15, 0.2) is 11.5 Å². The van der Waals surface area contributed by atoms with Gasteiger partial charge in [0.1, 0.15) is 13.2 Å². The number of benzene rings is 1. The molecule has 1 amide bonds. The van der Waals surface area contributed by atoms with Gasteiger partial charge in [0.25, 0.3) is 0 Å². The van der Waals surface area contributed by atoms with Crippen LogP contribution in [0.25, 0.3) is 11.5 Å². The minimum absolute atomic E-state index is 0.0708. The molecule has 0 aliphatic carbocycles. The fraction of sp³-hybridized carbons (Fsp3) is 0.188. The van der Waals surface area contributed by atoms with Crippen molar-refractivity contribution in [1.82, 2.24) is 10.2 Å². The molecule has 0 atom stereocenters. The molecule has 0 radical (unpaired) electrons. The number of hydrogen-bond donors (Lipinski definition) is 1. The number of aromatic nitrogens is 2. The van der Waals surface area contributed by atoms with E-state index in [1.54, 1.807) is 18.2 Å². The van der Waals surface area contributed by atoms with Crippen LogP contribution in [0.3, 0.4) is 0 Å². The molecule has 1 aliphatic heterocycles. The van der Waals surface area contributed by atoms with Crippen LogP contribution in [0.4, 0.5) is 6.01 Å². The van der Waals surface area contributed by atoms with Gasteiger partial charge in [-0.15, -0.1) is 16.4 Å². The Morgan fingerprint density at radius 3 is 2.88 bits per heavy atom. The van der Waals surface area contributed by atoms with Crippen LogP contribution in [0.2, 0.25) is 0 Å². The zero-order valence-corrected chi connectivity index (χ0v) is 13.3. The number of carbonyl (C=O) groups excluding carboxylic acids is 1. The van der Waals surface area contributed by atoms with Gasteiger partial charge in [-0.3, -0.25) is 10.1 Å². The predicted molar refractivity (Wildman–Crippen MR) is 87.4 cm³/mol. The van der Waals surface area contributed by atoms with Crippen molar-refractivity contribution >= 4 is 23.3 Å². The van der Waals surface area contributed by atoms with E-state index in [1.807, 2.05) is 17.5 Å². The Bertz CT molecular complexity index is 860. The molecule has 0 bridgehead atoms. The third-order valence-corrected chi connectivity index (χ3v) is 4.25. The maximum absolute atomic E-state index is 11.9. The Hall–Kier alpha value is -2.87. The number of thiophene rings is 1. The second-order valence-corrected chi connectivity index (χ2v) is 6.11. The fourth-order valence-electron chi connectivity index (χ4n) is 2.30. The van der Waals surface area contributed by atoms with Crippen LogP contribution < -0.4 is 14.8 Å². The van der Waals surface area contributed by atoms with E-state index in [0.29, 0.717) is 36.2 Å². The molecule has 0 fully saturated rings. The molecule has 0 saturated carbocycles. The summed E-state index contributed by atoms with van der Waals surface area (Å²) >= 11 is 1.52. The molecule has 0 spiro atoms. The highest BCUT2D eigenvalue weighted by Crippen LogP contribution is 2.34. The Labute approximate surface area is 141 Å². The zero-order valence-electron chi connectivity index (χ0n) is 12.5. The normalized spacial score (nSPS) is 12.8. The summed E-state index contributed by atoms with van der Waals surface area (Å²) < 4.78 is 16.5. The summed E-state index contributed by atoms with van der Waals surface area (Å²) in [5.41, 5.74) is 0.700. The quantitative estimate of drug-likeness (QED) is 0.784. The van der Waals surface area contributed by atoms with E-state index in [2.05, 4.69) is 15.5 Å². The number of carbonyl (C=O) groups is 1. The molecule has 7 nitrogen and oxygen atoms in total. The summed E-state index contributed by atoms with van der Waals surface area (Å²) in [5, 5.41) is 12.3. The van der Waals surface area contributed by atoms with Crippen molar-refractivity contribution in [2.75, 3.05) is 18.5 Å². The summed E-state index contributed by atoms with van der Waals surface area (Å²) in [6.45, 7) is 1.04. The van der Waals surface area contributed by atoms with E-state index in [9.17, 15) is 4.79 Å². The number of nitrogens with one attached hydrogen (secondary N) is 1. The van der Waals surface area contributed by atoms with Crippen LogP contribution in [0.15, 0.2) is 40.1 Å². The summed E-state index contributed by atoms with van der Waals surface area (Å²) in [7, 11) is 0. The maximum atomic E-state index is 11.9. The van der Waals surface area contributed by atoms with E-state index in [0.717, 1.165) is 4.88 Å². The Morgan fingerprint density at radius 2 is 2.04 bits per heavy atom. The number of nitrogens with zero attached hydrogens (tertiary/aromatic N) is 2. The van der Waals surface area contributed by atoms with Crippen molar-refractivity contribution in [2.24, 2.45) is 0 Å². The lowest BCUT2D eigenvalue weighted by molar-refractivity contribution is -0.115. The third kappa shape index (κ3) is 3.09. The summed E-state index contributed by atoms with van der Waals surface area (Å²) in [5.74, 6) is 1.43. The molecular formula is C16H13N3O4S. The highest BCUT2D eigenvalue weighted by Gasteiger charge is 2.16. The van der Waals surface area contributed by atoms with Crippen molar-refractivity contribution in [3.05, 3.63) is 40.6 Å². The van der Waals surface area contributed by atoms with Gasteiger partial charge in [0, 0.05) is 10.4 Å². The summed E-state index contributed by atoms with van der Waals surface area (Å²) in [6.07, 6.45) is 0.277. The molecule has 4 rings (SSSR count). The number of fused-ring (bicyclic) bond motifs is 1. The van der Waals surface area contributed by atoms with E-state index in [4.69, 9.17) is 13.9 Å². The zero-order chi connectivity index (χ0) is 16.4. The van der Waals surface area contributed by atoms with E-state index in [-0.39, 0.29) is 18.3 Å². The van der Waals surface area contributed by atoms with E-state index in [1.165, 1.54) is 11.3 Å². The Kier molecular flexibility index (Phi) is 3.87. The van der Waals surface area contributed by atoms with Gasteiger partial charge in [-0.05, 0) is 29.6 Å². The lowest BCUT2D eigenvalue weighted by Gasteiger charge is -2.18. The lowest BCUT2D eigenvalue weighted by Crippen LogP contribution is -2.15. The van der Waals surface area contributed by atoms with Crippen LogP contribution >= 0.6 is 11.3 Å². The predicted octanol–water partition coefficient (Wildman–Crippen LogP) is 2.75. The molecule has 122 valence electrons. The molecule has 2 aromatic heterocycles. The molecule has 3 aromatic rings. The number of ether oxygens (including phenoxy) is 2. The van der Waals surface area contributed by atoms with Gasteiger partial charge >= 0.3 is 6.01 Å². The largest absolute Gasteiger partial charge is 0.486 e. The smallest absolute Gasteiger partial charge is 0.322 e. The van der Waals surface area contributed by atoms with Gasteiger partial charge in [-0.25, -0.2) is 0 Å². The number of hydrogen-bond acceptors (Lipinski definition) is 7. The molecule has 1 N–H and O–H groups in total. The SMILES string of the molecule is O=C(Cc1cccs1)Nc1nnc(-c2ccc3c(c2)OCCO3)o1. The van der Waals surface area contributed by atoms with Crippen LogP contribution in [-0.4, -0.2) is 29.3 Å². The lowest BCUT2D eigenvalue weighted by atomic mass is 10.2. The maximum Gasteiger partial charge on any atom is 0.322 e. The average molecular weight is 343 g/mol. The van der Waals surface area contributed by atoms with E-state index < -0.39 is 0 Å². The third-order valence-electron chi connectivity index (χ3n) is 3.38. The first-order valence-electron chi connectivity index (χ1n) is 7.34. The fourth-order valence-corrected chi connectivity index (χ4v) is 3.01. The minimum atomic E-state index is -0.199. The van der Waals surface area contributed by atoms with Crippen LogP contribution in [-0.2, 0) is 11.2 Å². The molecule has 0 saturated heterocycles. The van der Waals surface area contributed by atoms with Crippen LogP contribution in [0.5, 0.6) is 11.5 Å². The van der Waals surface area contributed by atoms with E-state index >= 15 is 0 Å². The second-order valence-electron chi connectivity index (χ2n) is 5.08. The minimum Gasteiger partial charge on any atom is -0.486 e. The molecule has 3 heterocycles. The number of amides is 1. The van der Waals surface area contributed by atoms with Crippen molar-refractivity contribution in [3.63, 3.8) is 0 Å². The molecule has 0 unspecified atom stereocenters. The van der Waals surface area contributed by atoms with Crippen LogP contribution in [0, 0.1) is 0 Å². The first kappa shape index (κ1) is 14.7. The monoisotopic (exact) mass is 343 g/mol. The summed E-state index contributed by atoms with van der Waals surface area (Å²) in [6, 6.07) is 9.25. The standard InChI is InChI=1S/C16H13N3O4S/c20-14(9-11-2-1-7-24-11)17-16-19-18-15(23-16)10-3-4-12-13(8-10)22-6-5-21-12/h1-4,7-8H,5-6,9H2,(H,17,19,20). The van der Waals surface area contributed by atoms with Crippen molar-refractivity contribution < 1.29 is 18.7 Å². The molecule has 1 aliphatic rings. The van der Waals surface area contributed by atoms with Crippen molar-refractivity contribution in [3.8, 4) is 23.0 Å². The van der Waals surface area contributed by atoms with Gasteiger partial charge in [-0.1, -0.05) is 11.2 Å². The van der Waals surface area contributed by atoms with Crippen molar-refractivity contribution in [1.29, 1.82) is 0 Å². The van der Waals surface area contributed by atoms with Gasteiger partial charge in [-0.2, -0.15) is 0 Å². The van der Waals surface area contributed by atoms with Gasteiger partial charge in [0.2, 0.25) is 11.8 Å². The highest BCUT2D eigenvalue weighted by molar-refractivity contribution is 7.10. The van der Waals surface area contributed by atoms with Gasteiger partial charge < -0.3 is 13.9 Å². The molecule has 1 aromatic carbocycles. The average Bonchev–Trinajstić information content (AvgIpc) is 3.26. The Morgan fingerprint density at radius 1 is 1.17 bits per heavy atom. The first-order chi connectivity index (χ1) is 11.8. The topological polar surface area (TPSA) is 86.5 Å². The number of anilines is 1. The van der Waals surface area contributed by atoms with Gasteiger partial charge in [0.05, 0.1) is 6.42 Å². The van der Waals surface area contributed by atoms with Crippen molar-refractivity contribution in [2.45, 2.75) is 6.42 Å². The number of rotatable bonds is 4. The molecule has 24 heavy (non-hydrogen) atoms. The molecular weight excluding hydrogens is 330 g/mol. The Balaban J connectivity index is 1.47.